The van der Waals surface area contributed by atoms with Crippen molar-refractivity contribution < 1.29 is 4.39 Å². The van der Waals surface area contributed by atoms with Crippen LogP contribution < -0.4 is 5.73 Å². The van der Waals surface area contributed by atoms with E-state index < -0.39 is 0 Å². The van der Waals surface area contributed by atoms with Gasteiger partial charge >= 0.3 is 0 Å². The molecule has 0 radical (unpaired) electrons. The molecule has 0 aliphatic rings. The molecule has 0 unspecified atom stereocenters. The van der Waals surface area contributed by atoms with Gasteiger partial charge in [-0.25, -0.2) is 9.37 Å². The smallest absolute Gasteiger partial charge is 0.141 e. The fourth-order valence-electron chi connectivity index (χ4n) is 2.21. The summed E-state index contributed by atoms with van der Waals surface area (Å²) < 4.78 is 15.1. The number of allylic oxidation sites excluding steroid dienone is 2. The van der Waals surface area contributed by atoms with Gasteiger partial charge in [-0.05, 0) is 49.5 Å². The number of hydrogen-bond donors (Lipinski definition) is 1. The molecule has 0 saturated carbocycles. The highest BCUT2D eigenvalue weighted by Crippen LogP contribution is 2.24. The first kappa shape index (κ1) is 20.2. The third-order valence-corrected chi connectivity index (χ3v) is 3.26. The molecule has 0 atom stereocenters. The minimum absolute atomic E-state index is 0.241. The zero-order valence-corrected chi connectivity index (χ0v) is 15.1. The van der Waals surface area contributed by atoms with Gasteiger partial charge in [0.15, 0.2) is 0 Å². The van der Waals surface area contributed by atoms with Crippen molar-refractivity contribution in [2.75, 3.05) is 0 Å². The van der Waals surface area contributed by atoms with Crippen LogP contribution in [-0.2, 0) is 6.54 Å². The number of halogens is 1. The molecule has 25 heavy (non-hydrogen) atoms. The van der Waals surface area contributed by atoms with Crippen molar-refractivity contribution >= 4 is 11.0 Å². The number of hydrogen-bond acceptors (Lipinski definition) is 2. The zero-order chi connectivity index (χ0) is 18.7. The molecule has 3 rings (SSSR count). The first-order valence-electron chi connectivity index (χ1n) is 8.36. The Morgan fingerprint density at radius 2 is 1.72 bits per heavy atom. The van der Waals surface area contributed by atoms with Crippen molar-refractivity contribution in [3.8, 4) is 11.4 Å². The number of fused-ring (bicyclic) bond motifs is 1. The van der Waals surface area contributed by atoms with Gasteiger partial charge in [-0.15, -0.1) is 6.58 Å². The highest BCUT2D eigenvalue weighted by atomic mass is 19.1. The summed E-state index contributed by atoms with van der Waals surface area (Å²) in [5, 5.41) is 0. The minimum atomic E-state index is -0.241. The van der Waals surface area contributed by atoms with Crippen LogP contribution in [0.2, 0.25) is 0 Å². The molecular formula is C21H26FN3. The average molecular weight is 339 g/mol. The van der Waals surface area contributed by atoms with Gasteiger partial charge in [0.25, 0.3) is 0 Å². The predicted molar refractivity (Wildman–Crippen MR) is 106 cm³/mol. The number of nitrogens with zero attached hydrogens (tertiary/aromatic N) is 2. The zero-order valence-electron chi connectivity index (χ0n) is 15.1. The summed E-state index contributed by atoms with van der Waals surface area (Å²) in [7, 11) is 0. The molecule has 0 spiro atoms. The molecule has 3 aromatic rings. The fraction of sp³-hybridized carbons (Fsp3) is 0.190. The van der Waals surface area contributed by atoms with Gasteiger partial charge in [-0.1, -0.05) is 38.1 Å². The van der Waals surface area contributed by atoms with Crippen molar-refractivity contribution in [3.05, 3.63) is 79.3 Å². The maximum absolute atomic E-state index is 13.0. The Kier molecular flexibility index (Phi) is 8.72. The van der Waals surface area contributed by atoms with Gasteiger partial charge in [0.2, 0.25) is 0 Å². The Hall–Kier alpha value is -2.88. The van der Waals surface area contributed by atoms with Gasteiger partial charge in [0.1, 0.15) is 11.6 Å². The standard InChI is InChI=1S/C16H13FN2.C3H7N.C2H6/c1-2-11-19-15-6-4-3-5-14(15)18-16(19)12-7-9-13(17)10-8-12;1-2-3-4;1-2/h2-10H,1,11H2;2-3H,4H2,1H3;1-2H3/b;3-2-;. The summed E-state index contributed by atoms with van der Waals surface area (Å²) >= 11 is 0. The van der Waals surface area contributed by atoms with E-state index in [0.29, 0.717) is 6.54 Å². The predicted octanol–water partition coefficient (Wildman–Crippen LogP) is 5.53. The Bertz CT molecular complexity index is 798. The second-order valence-electron chi connectivity index (χ2n) is 4.86. The Labute approximate surface area is 149 Å². The Morgan fingerprint density at radius 3 is 2.28 bits per heavy atom. The number of benzene rings is 2. The van der Waals surface area contributed by atoms with Crippen molar-refractivity contribution in [3.63, 3.8) is 0 Å². The summed E-state index contributed by atoms with van der Waals surface area (Å²) in [5.41, 5.74) is 7.74. The van der Waals surface area contributed by atoms with Crippen LogP contribution in [0.4, 0.5) is 4.39 Å². The number of nitrogens with two attached hydrogens (primary N) is 1. The topological polar surface area (TPSA) is 43.8 Å². The summed E-state index contributed by atoms with van der Waals surface area (Å²) in [6.07, 6.45) is 5.11. The summed E-state index contributed by atoms with van der Waals surface area (Å²) in [6.45, 7) is 10.3. The van der Waals surface area contributed by atoms with Gasteiger partial charge in [-0.2, -0.15) is 0 Å². The van der Waals surface area contributed by atoms with Crippen LogP contribution in [0.25, 0.3) is 22.4 Å². The van der Waals surface area contributed by atoms with Gasteiger partial charge < -0.3 is 10.3 Å². The van der Waals surface area contributed by atoms with Crippen LogP contribution in [0.3, 0.4) is 0 Å². The fourth-order valence-corrected chi connectivity index (χ4v) is 2.21. The lowest BCUT2D eigenvalue weighted by Gasteiger charge is -2.06. The van der Waals surface area contributed by atoms with Crippen molar-refractivity contribution in [1.82, 2.24) is 9.55 Å². The van der Waals surface area contributed by atoms with Crippen LogP contribution in [-0.4, -0.2) is 9.55 Å². The van der Waals surface area contributed by atoms with E-state index in [1.54, 1.807) is 18.2 Å². The lowest BCUT2D eigenvalue weighted by Crippen LogP contribution is -1.98. The summed E-state index contributed by atoms with van der Waals surface area (Å²) in [4.78, 5) is 4.62. The van der Waals surface area contributed by atoms with Crippen LogP contribution in [0.15, 0.2) is 73.5 Å². The van der Waals surface area contributed by atoms with Crippen molar-refractivity contribution in [2.24, 2.45) is 5.73 Å². The largest absolute Gasteiger partial charge is 0.405 e. The first-order chi connectivity index (χ1) is 12.2. The quantitative estimate of drug-likeness (QED) is 0.637. The van der Waals surface area contributed by atoms with Gasteiger partial charge in [0, 0.05) is 12.1 Å². The molecule has 1 heterocycles. The number of rotatable bonds is 3. The molecule has 2 N–H and O–H groups in total. The molecule has 4 heteroatoms. The monoisotopic (exact) mass is 339 g/mol. The SMILES string of the molecule is C/C=C\N.C=CCn1c(-c2ccc(F)cc2)nc2ccccc21.CC. The third kappa shape index (κ3) is 5.31. The van der Waals surface area contributed by atoms with Crippen LogP contribution in [0.1, 0.15) is 20.8 Å². The highest BCUT2D eigenvalue weighted by molar-refractivity contribution is 5.80. The molecule has 0 fully saturated rings. The highest BCUT2D eigenvalue weighted by Gasteiger charge is 2.11. The normalized spacial score (nSPS) is 9.92. The lowest BCUT2D eigenvalue weighted by molar-refractivity contribution is 0.628. The van der Waals surface area contributed by atoms with Crippen molar-refractivity contribution in [2.45, 2.75) is 27.3 Å². The molecule has 1 aromatic heterocycles. The first-order valence-corrected chi connectivity index (χ1v) is 8.36. The molecular weight excluding hydrogens is 313 g/mol. The minimum Gasteiger partial charge on any atom is -0.405 e. The number of aromatic nitrogens is 2. The third-order valence-electron chi connectivity index (χ3n) is 3.26. The maximum Gasteiger partial charge on any atom is 0.141 e. The van der Waals surface area contributed by atoms with E-state index in [-0.39, 0.29) is 5.82 Å². The van der Waals surface area contributed by atoms with Gasteiger partial charge in [0.05, 0.1) is 11.0 Å². The molecule has 132 valence electrons. The van der Waals surface area contributed by atoms with E-state index in [1.165, 1.54) is 18.3 Å². The molecule has 0 aliphatic carbocycles. The molecule has 0 aliphatic heterocycles. The van der Waals surface area contributed by atoms with E-state index in [9.17, 15) is 4.39 Å². The second-order valence-corrected chi connectivity index (χ2v) is 4.86. The maximum atomic E-state index is 13.0. The Balaban J connectivity index is 0.000000461. The van der Waals surface area contributed by atoms with Crippen LogP contribution >= 0.6 is 0 Å². The number of imidazole rings is 1. The molecule has 0 amide bonds. The Morgan fingerprint density at radius 1 is 1.12 bits per heavy atom. The van der Waals surface area contributed by atoms with E-state index in [2.05, 4.69) is 16.1 Å². The lowest BCUT2D eigenvalue weighted by atomic mass is 10.2. The molecule has 0 saturated heterocycles. The van der Waals surface area contributed by atoms with E-state index in [1.807, 2.05) is 51.1 Å². The van der Waals surface area contributed by atoms with E-state index in [0.717, 1.165) is 22.4 Å². The van der Waals surface area contributed by atoms with Crippen molar-refractivity contribution in [1.29, 1.82) is 0 Å². The van der Waals surface area contributed by atoms with Crippen LogP contribution in [0, 0.1) is 5.82 Å². The van der Waals surface area contributed by atoms with Gasteiger partial charge in [-0.3, -0.25) is 0 Å². The summed E-state index contributed by atoms with van der Waals surface area (Å²) in [6, 6.07) is 14.3. The van der Waals surface area contributed by atoms with Crippen LogP contribution in [0.5, 0.6) is 0 Å². The molecule has 2 aromatic carbocycles. The second kappa shape index (κ2) is 10.8. The number of para-hydroxylation sites is 2. The molecule has 3 nitrogen and oxygen atoms in total. The molecule has 0 bridgehead atoms. The van der Waals surface area contributed by atoms with E-state index >= 15 is 0 Å². The van der Waals surface area contributed by atoms with E-state index in [4.69, 9.17) is 5.73 Å². The summed E-state index contributed by atoms with van der Waals surface area (Å²) in [5.74, 6) is 0.594. The average Bonchev–Trinajstić information content (AvgIpc) is 3.03.